The predicted molar refractivity (Wildman–Crippen MR) is 73.3 cm³/mol. The maximum atomic E-state index is 5.90. The first-order valence-electron chi connectivity index (χ1n) is 5.95. The zero-order valence-corrected chi connectivity index (χ0v) is 10.8. The average Bonchev–Trinajstić information content (AvgIpc) is 2.95. The molecule has 5 nitrogen and oxygen atoms in total. The summed E-state index contributed by atoms with van der Waals surface area (Å²) in [6.07, 6.45) is 3.61. The van der Waals surface area contributed by atoms with Crippen LogP contribution in [0.2, 0.25) is 0 Å². The smallest absolute Gasteiger partial charge is 0.230 e. The Hall–Kier alpha value is -2.56. The second kappa shape index (κ2) is 4.28. The lowest BCUT2D eigenvalue weighted by molar-refractivity contribution is 0.439. The Labute approximate surface area is 110 Å². The minimum absolute atomic E-state index is 0.311. The molecule has 3 rings (SSSR count). The summed E-state index contributed by atoms with van der Waals surface area (Å²) in [5.74, 6) is 0.311. The molecule has 0 aliphatic carbocycles. The summed E-state index contributed by atoms with van der Waals surface area (Å²) in [5, 5.41) is 4.03. The zero-order valence-electron chi connectivity index (χ0n) is 10.8. The number of rotatable bonds is 2. The summed E-state index contributed by atoms with van der Waals surface area (Å²) in [6, 6.07) is 8.06. The number of benzene rings is 1. The van der Waals surface area contributed by atoms with Crippen molar-refractivity contribution in [3.8, 4) is 22.5 Å². The van der Waals surface area contributed by atoms with Gasteiger partial charge in [-0.2, -0.15) is 0 Å². The molecule has 0 fully saturated rings. The number of aryl methyl sites for hydroxylation is 2. The van der Waals surface area contributed by atoms with E-state index in [-0.39, 0.29) is 0 Å². The molecule has 0 amide bonds. The fourth-order valence-electron chi connectivity index (χ4n) is 2.09. The van der Waals surface area contributed by atoms with E-state index in [0.29, 0.717) is 11.6 Å². The number of hydrogen-bond donors (Lipinski definition) is 1. The van der Waals surface area contributed by atoms with Gasteiger partial charge in [0.25, 0.3) is 0 Å². The molecular formula is C14H14N4O. The number of nitrogens with zero attached hydrogens (tertiary/aromatic N) is 3. The van der Waals surface area contributed by atoms with E-state index < -0.39 is 0 Å². The molecule has 2 aromatic heterocycles. The topological polar surface area (TPSA) is 69.9 Å². The minimum Gasteiger partial charge on any atom is -0.367 e. The molecule has 0 aliphatic heterocycles. The van der Waals surface area contributed by atoms with Crippen LogP contribution in [0.5, 0.6) is 0 Å². The van der Waals surface area contributed by atoms with Gasteiger partial charge in [0.1, 0.15) is 11.4 Å². The molecule has 1 aromatic carbocycles. The minimum atomic E-state index is 0.311. The summed E-state index contributed by atoms with van der Waals surface area (Å²) >= 11 is 0. The van der Waals surface area contributed by atoms with Crippen LogP contribution >= 0.6 is 0 Å². The van der Waals surface area contributed by atoms with Crippen molar-refractivity contribution in [2.45, 2.75) is 6.92 Å². The van der Waals surface area contributed by atoms with Crippen LogP contribution in [0.15, 0.2) is 41.3 Å². The molecule has 0 unspecified atom stereocenters. The lowest BCUT2D eigenvalue weighted by atomic mass is 10.0. The van der Waals surface area contributed by atoms with Crippen molar-refractivity contribution in [2.24, 2.45) is 7.05 Å². The van der Waals surface area contributed by atoms with Gasteiger partial charge in [0.2, 0.25) is 5.88 Å². The Morgan fingerprint density at radius 3 is 2.84 bits per heavy atom. The molecule has 0 aliphatic rings. The Balaban J connectivity index is 2.19. The highest BCUT2D eigenvalue weighted by atomic mass is 16.5. The second-order valence-electron chi connectivity index (χ2n) is 4.56. The van der Waals surface area contributed by atoms with Crippen LogP contribution in [0, 0.1) is 6.92 Å². The Bertz CT molecular complexity index is 727. The number of anilines is 1. The second-order valence-corrected chi connectivity index (χ2v) is 4.56. The third kappa shape index (κ3) is 1.99. The standard InChI is InChI=1S/C14H14N4O/c1-9-4-3-5-10(6-9)12-13(17-19-14(12)15)11-7-18(2)8-16-11/h3-8H,15H2,1-2H3. The first-order chi connectivity index (χ1) is 9.15. The fraction of sp³-hybridized carbons (Fsp3) is 0.143. The van der Waals surface area contributed by atoms with Crippen molar-refractivity contribution in [2.75, 3.05) is 5.73 Å². The number of aromatic nitrogens is 3. The van der Waals surface area contributed by atoms with Crippen LogP contribution in [-0.4, -0.2) is 14.7 Å². The van der Waals surface area contributed by atoms with E-state index in [0.717, 1.165) is 22.4 Å². The molecule has 0 atom stereocenters. The van der Waals surface area contributed by atoms with Gasteiger partial charge < -0.3 is 14.8 Å². The molecule has 0 bridgehead atoms. The molecule has 0 radical (unpaired) electrons. The maximum absolute atomic E-state index is 5.90. The third-order valence-corrected chi connectivity index (χ3v) is 2.97. The van der Waals surface area contributed by atoms with Crippen LogP contribution in [-0.2, 0) is 7.05 Å². The summed E-state index contributed by atoms with van der Waals surface area (Å²) in [7, 11) is 1.91. The highest BCUT2D eigenvalue weighted by molar-refractivity contribution is 5.85. The lowest BCUT2D eigenvalue weighted by Crippen LogP contribution is -1.88. The maximum Gasteiger partial charge on any atom is 0.230 e. The summed E-state index contributed by atoms with van der Waals surface area (Å²) in [6.45, 7) is 2.04. The van der Waals surface area contributed by atoms with E-state index >= 15 is 0 Å². The molecule has 19 heavy (non-hydrogen) atoms. The third-order valence-electron chi connectivity index (χ3n) is 2.97. The van der Waals surface area contributed by atoms with Gasteiger partial charge in [0.15, 0.2) is 0 Å². The summed E-state index contributed by atoms with van der Waals surface area (Å²) in [5.41, 5.74) is 10.3. The molecule has 96 valence electrons. The molecule has 0 saturated heterocycles. The normalized spacial score (nSPS) is 10.8. The van der Waals surface area contributed by atoms with Gasteiger partial charge in [0.05, 0.1) is 11.9 Å². The number of nitrogen functional groups attached to an aromatic ring is 1. The van der Waals surface area contributed by atoms with Gasteiger partial charge in [-0.3, -0.25) is 0 Å². The van der Waals surface area contributed by atoms with Crippen molar-refractivity contribution < 1.29 is 4.52 Å². The van der Waals surface area contributed by atoms with Crippen molar-refractivity contribution in [3.05, 3.63) is 42.4 Å². The Morgan fingerprint density at radius 2 is 2.16 bits per heavy atom. The largest absolute Gasteiger partial charge is 0.367 e. The molecule has 2 heterocycles. The van der Waals surface area contributed by atoms with E-state index in [9.17, 15) is 0 Å². The molecule has 5 heteroatoms. The van der Waals surface area contributed by atoms with Crippen molar-refractivity contribution in [3.63, 3.8) is 0 Å². The highest BCUT2D eigenvalue weighted by Gasteiger charge is 2.18. The molecule has 0 saturated carbocycles. The van der Waals surface area contributed by atoms with Crippen LogP contribution in [0.25, 0.3) is 22.5 Å². The van der Waals surface area contributed by atoms with E-state index in [1.165, 1.54) is 0 Å². The van der Waals surface area contributed by atoms with E-state index in [1.807, 2.05) is 42.9 Å². The van der Waals surface area contributed by atoms with Crippen LogP contribution < -0.4 is 5.73 Å². The number of hydrogen-bond acceptors (Lipinski definition) is 4. The molecular weight excluding hydrogens is 240 g/mol. The highest BCUT2D eigenvalue weighted by Crippen LogP contribution is 2.35. The van der Waals surface area contributed by atoms with E-state index in [4.69, 9.17) is 10.3 Å². The molecule has 0 spiro atoms. The van der Waals surface area contributed by atoms with Crippen LogP contribution in [0.1, 0.15) is 5.56 Å². The molecule has 2 N–H and O–H groups in total. The van der Waals surface area contributed by atoms with Gasteiger partial charge >= 0.3 is 0 Å². The number of imidazole rings is 1. The van der Waals surface area contributed by atoms with Crippen LogP contribution in [0.4, 0.5) is 5.88 Å². The van der Waals surface area contributed by atoms with Crippen molar-refractivity contribution >= 4 is 5.88 Å². The Morgan fingerprint density at radius 1 is 1.32 bits per heavy atom. The summed E-state index contributed by atoms with van der Waals surface area (Å²) in [4.78, 5) is 4.29. The summed E-state index contributed by atoms with van der Waals surface area (Å²) < 4.78 is 6.99. The lowest BCUT2D eigenvalue weighted by Gasteiger charge is -2.02. The van der Waals surface area contributed by atoms with Crippen LogP contribution in [0.3, 0.4) is 0 Å². The van der Waals surface area contributed by atoms with Gasteiger partial charge in [0, 0.05) is 13.2 Å². The van der Waals surface area contributed by atoms with E-state index in [1.54, 1.807) is 6.33 Å². The van der Waals surface area contributed by atoms with Gasteiger partial charge in [-0.25, -0.2) is 4.98 Å². The van der Waals surface area contributed by atoms with Gasteiger partial charge in [-0.15, -0.1) is 0 Å². The quantitative estimate of drug-likeness (QED) is 0.763. The van der Waals surface area contributed by atoms with Gasteiger partial charge in [-0.1, -0.05) is 35.0 Å². The Kier molecular flexibility index (Phi) is 2.59. The van der Waals surface area contributed by atoms with Gasteiger partial charge in [-0.05, 0) is 12.5 Å². The fourth-order valence-corrected chi connectivity index (χ4v) is 2.09. The predicted octanol–water partition coefficient (Wildman–Crippen LogP) is 2.63. The number of nitrogens with two attached hydrogens (primary N) is 1. The monoisotopic (exact) mass is 254 g/mol. The van der Waals surface area contributed by atoms with Crippen molar-refractivity contribution in [1.29, 1.82) is 0 Å². The molecule has 3 aromatic rings. The van der Waals surface area contributed by atoms with Crippen molar-refractivity contribution in [1.82, 2.24) is 14.7 Å². The first kappa shape index (κ1) is 11.5. The zero-order chi connectivity index (χ0) is 13.4. The average molecular weight is 254 g/mol. The SMILES string of the molecule is Cc1cccc(-c2c(-c3cn(C)cn3)noc2N)c1. The first-order valence-corrected chi connectivity index (χ1v) is 5.95. The van der Waals surface area contributed by atoms with E-state index in [2.05, 4.69) is 16.2 Å².